The average Bonchev–Trinajstić information content (AvgIpc) is 2.68. The second-order valence-electron chi connectivity index (χ2n) is 5.97. The lowest BCUT2D eigenvalue weighted by molar-refractivity contribution is -0.114. The summed E-state index contributed by atoms with van der Waals surface area (Å²) in [5, 5.41) is 8.65. The number of anilines is 4. The summed E-state index contributed by atoms with van der Waals surface area (Å²) in [4.78, 5) is 27.8. The van der Waals surface area contributed by atoms with Gasteiger partial charge in [0.2, 0.25) is 5.91 Å². The molecule has 3 N–H and O–H groups in total. The van der Waals surface area contributed by atoms with E-state index in [0.717, 1.165) is 11.4 Å². The molecule has 0 saturated carbocycles. The zero-order valence-electron chi connectivity index (χ0n) is 15.5. The molecule has 7 heteroatoms. The predicted molar refractivity (Wildman–Crippen MR) is 109 cm³/mol. The maximum Gasteiger partial charge on any atom is 0.274 e. The van der Waals surface area contributed by atoms with E-state index < -0.39 is 0 Å². The monoisotopic (exact) mass is 376 g/mol. The molecule has 2 amide bonds. The van der Waals surface area contributed by atoms with Crippen LogP contribution in [-0.2, 0) is 4.79 Å². The molecule has 7 nitrogen and oxygen atoms in total. The molecule has 0 spiro atoms. The molecule has 3 rings (SSSR count). The quantitative estimate of drug-likeness (QED) is 0.604. The highest BCUT2D eigenvalue weighted by molar-refractivity contribution is 6.03. The Morgan fingerprint density at radius 3 is 2.32 bits per heavy atom. The molecule has 28 heavy (non-hydrogen) atoms. The number of nitrogens with one attached hydrogen (secondary N) is 3. The van der Waals surface area contributed by atoms with Crippen molar-refractivity contribution in [1.29, 1.82) is 0 Å². The van der Waals surface area contributed by atoms with Gasteiger partial charge < -0.3 is 20.7 Å². The molecule has 1 heterocycles. The maximum atomic E-state index is 12.4. The Hall–Kier alpha value is -3.87. The van der Waals surface area contributed by atoms with Crippen LogP contribution in [0.1, 0.15) is 17.4 Å². The topological polar surface area (TPSA) is 92.4 Å². The Kier molecular flexibility index (Phi) is 5.86. The summed E-state index contributed by atoms with van der Waals surface area (Å²) in [6.45, 7) is 1.43. The van der Waals surface area contributed by atoms with Crippen molar-refractivity contribution < 1.29 is 14.3 Å². The lowest BCUT2D eigenvalue weighted by atomic mass is 10.2. The predicted octanol–water partition coefficient (Wildman–Crippen LogP) is 4.04. The van der Waals surface area contributed by atoms with Crippen molar-refractivity contribution >= 4 is 34.6 Å². The zero-order valence-corrected chi connectivity index (χ0v) is 15.5. The van der Waals surface area contributed by atoms with Gasteiger partial charge in [-0.25, -0.2) is 4.98 Å². The molecule has 0 fully saturated rings. The summed E-state index contributed by atoms with van der Waals surface area (Å²) in [5.41, 5.74) is 2.98. The third kappa shape index (κ3) is 4.85. The lowest BCUT2D eigenvalue weighted by Gasteiger charge is -2.11. The van der Waals surface area contributed by atoms with Gasteiger partial charge in [0.1, 0.15) is 11.4 Å². The van der Waals surface area contributed by atoms with Crippen LogP contribution < -0.4 is 20.7 Å². The second kappa shape index (κ2) is 8.68. The molecule has 0 bridgehead atoms. The van der Waals surface area contributed by atoms with Gasteiger partial charge in [-0.15, -0.1) is 0 Å². The molecule has 2 aromatic carbocycles. The molecule has 142 valence electrons. The Bertz CT molecular complexity index is 987. The third-order valence-electron chi connectivity index (χ3n) is 3.82. The first-order chi connectivity index (χ1) is 13.5. The number of carbonyl (C=O) groups is 2. The smallest absolute Gasteiger partial charge is 0.274 e. The number of methoxy groups -OCH3 is 1. The summed E-state index contributed by atoms with van der Waals surface area (Å²) in [6, 6.07) is 17.8. The highest BCUT2D eigenvalue weighted by Gasteiger charge is 2.09. The number of hydrogen-bond acceptors (Lipinski definition) is 5. The van der Waals surface area contributed by atoms with Gasteiger partial charge in [-0.3, -0.25) is 9.59 Å². The van der Waals surface area contributed by atoms with E-state index in [1.54, 1.807) is 49.7 Å². The van der Waals surface area contributed by atoms with E-state index in [2.05, 4.69) is 20.9 Å². The largest absolute Gasteiger partial charge is 0.495 e. The van der Waals surface area contributed by atoms with Crippen molar-refractivity contribution in [3.63, 3.8) is 0 Å². The van der Waals surface area contributed by atoms with Crippen molar-refractivity contribution in [3.05, 3.63) is 72.6 Å². The normalized spacial score (nSPS) is 10.1. The molecule has 0 aliphatic rings. The van der Waals surface area contributed by atoms with E-state index in [0.29, 0.717) is 17.1 Å². The summed E-state index contributed by atoms with van der Waals surface area (Å²) in [5.74, 6) is 0.190. The van der Waals surface area contributed by atoms with Crippen LogP contribution in [0.4, 0.5) is 22.7 Å². The fourth-order valence-electron chi connectivity index (χ4n) is 2.58. The third-order valence-corrected chi connectivity index (χ3v) is 3.82. The number of nitrogens with zero attached hydrogens (tertiary/aromatic N) is 1. The molecule has 0 radical (unpaired) electrons. The van der Waals surface area contributed by atoms with Crippen LogP contribution in [0, 0.1) is 0 Å². The Balaban J connectivity index is 1.68. The highest BCUT2D eigenvalue weighted by Crippen LogP contribution is 2.26. The molecular formula is C21H20N4O3. The van der Waals surface area contributed by atoms with Crippen molar-refractivity contribution in [2.45, 2.75) is 6.92 Å². The fraction of sp³-hybridized carbons (Fsp3) is 0.0952. The number of aromatic nitrogens is 1. The van der Waals surface area contributed by atoms with Crippen LogP contribution in [0.3, 0.4) is 0 Å². The Labute approximate surface area is 162 Å². The molecule has 0 saturated heterocycles. The molecule has 0 atom stereocenters. The first kappa shape index (κ1) is 18.9. The molecule has 0 unspecified atom stereocenters. The number of ether oxygens (including phenoxy) is 1. The molecule has 0 aliphatic heterocycles. The van der Waals surface area contributed by atoms with Crippen LogP contribution >= 0.6 is 0 Å². The van der Waals surface area contributed by atoms with Gasteiger partial charge >= 0.3 is 0 Å². The number of benzene rings is 2. The van der Waals surface area contributed by atoms with Crippen molar-refractivity contribution in [2.24, 2.45) is 0 Å². The SMILES string of the molecule is COc1ccccc1Nc1ccc(C(=O)Nc2cccc(NC(C)=O)c2)nc1. The van der Waals surface area contributed by atoms with Crippen LogP contribution in [0.25, 0.3) is 0 Å². The van der Waals surface area contributed by atoms with E-state index in [4.69, 9.17) is 4.74 Å². The second-order valence-corrected chi connectivity index (χ2v) is 5.97. The van der Waals surface area contributed by atoms with E-state index in [9.17, 15) is 9.59 Å². The highest BCUT2D eigenvalue weighted by atomic mass is 16.5. The Morgan fingerprint density at radius 1 is 0.893 bits per heavy atom. The molecular weight excluding hydrogens is 356 g/mol. The maximum absolute atomic E-state index is 12.4. The lowest BCUT2D eigenvalue weighted by Crippen LogP contribution is -2.14. The van der Waals surface area contributed by atoms with Crippen LogP contribution in [0.5, 0.6) is 5.75 Å². The van der Waals surface area contributed by atoms with E-state index in [1.165, 1.54) is 6.92 Å². The summed E-state index contributed by atoms with van der Waals surface area (Å²) < 4.78 is 5.31. The van der Waals surface area contributed by atoms with Gasteiger partial charge in [-0.2, -0.15) is 0 Å². The number of rotatable bonds is 6. The zero-order chi connectivity index (χ0) is 19.9. The van der Waals surface area contributed by atoms with Gasteiger partial charge in [0.25, 0.3) is 5.91 Å². The Morgan fingerprint density at radius 2 is 1.64 bits per heavy atom. The van der Waals surface area contributed by atoms with E-state index in [1.807, 2.05) is 24.3 Å². The van der Waals surface area contributed by atoms with Gasteiger partial charge in [0.05, 0.1) is 24.7 Å². The summed E-state index contributed by atoms with van der Waals surface area (Å²) in [6.07, 6.45) is 1.58. The number of carbonyl (C=O) groups excluding carboxylic acids is 2. The van der Waals surface area contributed by atoms with Crippen molar-refractivity contribution in [1.82, 2.24) is 4.98 Å². The van der Waals surface area contributed by atoms with E-state index >= 15 is 0 Å². The number of para-hydroxylation sites is 2. The minimum atomic E-state index is -0.344. The van der Waals surface area contributed by atoms with Crippen molar-refractivity contribution in [2.75, 3.05) is 23.1 Å². The van der Waals surface area contributed by atoms with Gasteiger partial charge in [0, 0.05) is 18.3 Å². The van der Waals surface area contributed by atoms with Gasteiger partial charge in [-0.1, -0.05) is 18.2 Å². The van der Waals surface area contributed by atoms with Crippen molar-refractivity contribution in [3.8, 4) is 5.75 Å². The van der Waals surface area contributed by atoms with Crippen LogP contribution in [0.15, 0.2) is 66.9 Å². The summed E-state index contributed by atoms with van der Waals surface area (Å²) in [7, 11) is 1.60. The van der Waals surface area contributed by atoms with Gasteiger partial charge in [0.15, 0.2) is 0 Å². The minimum absolute atomic E-state index is 0.178. The minimum Gasteiger partial charge on any atom is -0.495 e. The summed E-state index contributed by atoms with van der Waals surface area (Å²) >= 11 is 0. The molecule has 1 aromatic heterocycles. The first-order valence-corrected chi connectivity index (χ1v) is 8.60. The molecule has 0 aliphatic carbocycles. The number of pyridine rings is 1. The van der Waals surface area contributed by atoms with Crippen LogP contribution in [0.2, 0.25) is 0 Å². The van der Waals surface area contributed by atoms with Crippen LogP contribution in [-0.4, -0.2) is 23.9 Å². The number of amides is 2. The number of hydrogen-bond donors (Lipinski definition) is 3. The van der Waals surface area contributed by atoms with Gasteiger partial charge in [-0.05, 0) is 42.5 Å². The first-order valence-electron chi connectivity index (χ1n) is 8.60. The fourth-order valence-corrected chi connectivity index (χ4v) is 2.58. The molecule has 3 aromatic rings. The average molecular weight is 376 g/mol. The van der Waals surface area contributed by atoms with E-state index in [-0.39, 0.29) is 17.5 Å². The standard InChI is InChI=1S/C21H20N4O3/c1-14(26)23-15-6-5-7-16(12-15)25-21(27)19-11-10-17(13-22-19)24-18-8-3-4-9-20(18)28-2/h3-13,24H,1-2H3,(H,23,26)(H,25,27).